The van der Waals surface area contributed by atoms with Gasteiger partial charge in [-0.15, -0.1) is 0 Å². The highest BCUT2D eigenvalue weighted by Crippen LogP contribution is 2.47. The van der Waals surface area contributed by atoms with Gasteiger partial charge in [-0.3, -0.25) is 14.9 Å². The highest BCUT2D eigenvalue weighted by molar-refractivity contribution is 7.99. The molecule has 3 aliphatic rings. The minimum absolute atomic E-state index is 0.284. The summed E-state index contributed by atoms with van der Waals surface area (Å²) in [5.41, 5.74) is 1.22. The molecule has 2 aromatic carbocycles. The topological polar surface area (TPSA) is 69.7 Å². The molecule has 7 heteroatoms. The molecule has 2 atom stereocenters. The molecular formula is C21H19N3O3S. The van der Waals surface area contributed by atoms with Crippen molar-refractivity contribution in [2.75, 3.05) is 27.9 Å². The normalized spacial score (nSPS) is 26.7. The fourth-order valence-electron chi connectivity index (χ4n) is 4.57. The van der Waals surface area contributed by atoms with Gasteiger partial charge in [-0.25, -0.2) is 9.69 Å². The number of urea groups is 1. The SMILES string of the molecule is O=C1NC(=O)[C@]2(Cc3ccccc3N3CCSC[C@H]32)C(=O)N1c1ccccc1. The average Bonchev–Trinajstić information content (AvgIpc) is 2.73. The molecule has 0 aromatic heterocycles. The van der Waals surface area contributed by atoms with Crippen LogP contribution >= 0.6 is 11.8 Å². The number of amides is 4. The highest BCUT2D eigenvalue weighted by Gasteiger charge is 2.62. The molecule has 5 rings (SSSR count). The first-order valence-corrected chi connectivity index (χ1v) is 10.5. The number of anilines is 2. The Bertz CT molecular complexity index is 980. The van der Waals surface area contributed by atoms with Crippen molar-refractivity contribution in [1.29, 1.82) is 0 Å². The Balaban J connectivity index is 1.67. The third-order valence-corrected chi connectivity index (χ3v) is 6.92. The standard InChI is InChI=1S/C21H19N3O3S/c25-18-21(19(26)24(20(27)22-18)15-7-2-1-3-8-15)12-14-6-4-5-9-16(14)23-10-11-28-13-17(21)23/h1-9,17H,10-13H2,(H,22,25,27)/t17-,21+/m0/s1. The van der Waals surface area contributed by atoms with Crippen molar-refractivity contribution in [3.8, 4) is 0 Å². The van der Waals surface area contributed by atoms with E-state index in [4.69, 9.17) is 0 Å². The Morgan fingerprint density at radius 3 is 2.57 bits per heavy atom. The number of imide groups is 2. The summed E-state index contributed by atoms with van der Waals surface area (Å²) in [6, 6.07) is 15.8. The van der Waals surface area contributed by atoms with Crippen molar-refractivity contribution in [3.63, 3.8) is 0 Å². The molecule has 142 valence electrons. The molecule has 0 unspecified atom stereocenters. The van der Waals surface area contributed by atoms with E-state index in [1.807, 2.05) is 24.3 Å². The third-order valence-electron chi connectivity index (χ3n) is 5.90. The summed E-state index contributed by atoms with van der Waals surface area (Å²) in [6.45, 7) is 0.772. The first-order chi connectivity index (χ1) is 13.6. The van der Waals surface area contributed by atoms with E-state index in [2.05, 4.69) is 16.3 Å². The van der Waals surface area contributed by atoms with Crippen LogP contribution in [0.2, 0.25) is 0 Å². The average molecular weight is 393 g/mol. The maximum absolute atomic E-state index is 13.8. The zero-order valence-corrected chi connectivity index (χ0v) is 15.9. The number of hydrogen-bond acceptors (Lipinski definition) is 5. The summed E-state index contributed by atoms with van der Waals surface area (Å²) in [4.78, 5) is 42.9. The predicted octanol–water partition coefficient (Wildman–Crippen LogP) is 2.43. The minimum atomic E-state index is -1.31. The third kappa shape index (κ3) is 2.32. The van der Waals surface area contributed by atoms with Gasteiger partial charge in [0.25, 0.3) is 5.91 Å². The second-order valence-corrected chi connectivity index (χ2v) is 8.45. The van der Waals surface area contributed by atoms with Crippen LogP contribution < -0.4 is 15.1 Å². The lowest BCUT2D eigenvalue weighted by Gasteiger charge is -2.53. The number of carbonyl (C=O) groups excluding carboxylic acids is 3. The van der Waals surface area contributed by atoms with Crippen LogP contribution in [0.25, 0.3) is 0 Å². The van der Waals surface area contributed by atoms with Gasteiger partial charge in [0.2, 0.25) is 5.91 Å². The van der Waals surface area contributed by atoms with Gasteiger partial charge < -0.3 is 4.90 Å². The predicted molar refractivity (Wildman–Crippen MR) is 109 cm³/mol. The number of hydrogen-bond donors (Lipinski definition) is 1. The molecule has 28 heavy (non-hydrogen) atoms. The van der Waals surface area contributed by atoms with Gasteiger partial charge in [-0.1, -0.05) is 36.4 Å². The van der Waals surface area contributed by atoms with Crippen molar-refractivity contribution in [2.24, 2.45) is 5.41 Å². The maximum atomic E-state index is 13.8. The molecule has 1 spiro atoms. The Morgan fingerprint density at radius 2 is 1.75 bits per heavy atom. The number of thioether (sulfide) groups is 1. The summed E-state index contributed by atoms with van der Waals surface area (Å²) in [7, 11) is 0. The zero-order valence-electron chi connectivity index (χ0n) is 15.1. The Morgan fingerprint density at radius 1 is 1.00 bits per heavy atom. The van der Waals surface area contributed by atoms with Crippen LogP contribution in [-0.4, -0.2) is 41.9 Å². The summed E-state index contributed by atoms with van der Waals surface area (Å²) in [6.07, 6.45) is 0.298. The van der Waals surface area contributed by atoms with Crippen LogP contribution in [0.1, 0.15) is 5.56 Å². The molecular weight excluding hydrogens is 374 g/mol. The maximum Gasteiger partial charge on any atom is 0.335 e. The molecule has 0 saturated carbocycles. The highest BCUT2D eigenvalue weighted by atomic mass is 32.2. The van der Waals surface area contributed by atoms with Crippen LogP contribution in [0, 0.1) is 5.41 Å². The molecule has 2 saturated heterocycles. The van der Waals surface area contributed by atoms with Gasteiger partial charge in [-0.2, -0.15) is 11.8 Å². The first-order valence-electron chi connectivity index (χ1n) is 9.30. The number of nitrogens with one attached hydrogen (secondary N) is 1. The van der Waals surface area contributed by atoms with E-state index in [-0.39, 0.29) is 6.04 Å². The zero-order chi connectivity index (χ0) is 19.3. The van der Waals surface area contributed by atoms with Crippen molar-refractivity contribution >= 4 is 41.0 Å². The van der Waals surface area contributed by atoms with Crippen LogP contribution in [0.4, 0.5) is 16.2 Å². The molecule has 2 fully saturated rings. The van der Waals surface area contributed by atoms with E-state index >= 15 is 0 Å². The van der Waals surface area contributed by atoms with E-state index < -0.39 is 23.3 Å². The number of para-hydroxylation sites is 2. The monoisotopic (exact) mass is 393 g/mol. The minimum Gasteiger partial charge on any atom is -0.365 e. The van der Waals surface area contributed by atoms with Gasteiger partial charge in [0.05, 0.1) is 11.7 Å². The van der Waals surface area contributed by atoms with Gasteiger partial charge in [0.1, 0.15) is 0 Å². The fraction of sp³-hybridized carbons (Fsp3) is 0.286. The summed E-state index contributed by atoms with van der Waals surface area (Å²) in [5.74, 6) is 0.698. The first kappa shape index (κ1) is 17.3. The smallest absolute Gasteiger partial charge is 0.335 e. The lowest BCUT2D eigenvalue weighted by molar-refractivity contribution is -0.144. The van der Waals surface area contributed by atoms with E-state index in [1.54, 1.807) is 36.0 Å². The van der Waals surface area contributed by atoms with Crippen LogP contribution in [0.5, 0.6) is 0 Å². The summed E-state index contributed by atoms with van der Waals surface area (Å²) in [5, 5.41) is 2.47. The van der Waals surface area contributed by atoms with Gasteiger partial charge >= 0.3 is 6.03 Å². The molecule has 4 amide bonds. The van der Waals surface area contributed by atoms with Crippen LogP contribution in [0.15, 0.2) is 54.6 Å². The lowest BCUT2D eigenvalue weighted by atomic mass is 9.69. The van der Waals surface area contributed by atoms with Crippen molar-refractivity contribution in [3.05, 3.63) is 60.2 Å². The van der Waals surface area contributed by atoms with E-state index in [0.717, 1.165) is 28.4 Å². The Kier molecular flexibility index (Phi) is 3.94. The number of fused-ring (bicyclic) bond motifs is 4. The molecule has 3 heterocycles. The fourth-order valence-corrected chi connectivity index (χ4v) is 5.75. The molecule has 0 bridgehead atoms. The van der Waals surface area contributed by atoms with Crippen molar-refractivity contribution < 1.29 is 14.4 Å². The Labute approximate surface area is 166 Å². The molecule has 0 radical (unpaired) electrons. The van der Waals surface area contributed by atoms with Gasteiger partial charge in [-0.05, 0) is 30.2 Å². The Hall–Kier alpha value is -2.80. The molecule has 6 nitrogen and oxygen atoms in total. The van der Waals surface area contributed by atoms with Gasteiger partial charge in [0.15, 0.2) is 5.41 Å². The van der Waals surface area contributed by atoms with Crippen molar-refractivity contribution in [1.82, 2.24) is 5.32 Å². The second kappa shape index (κ2) is 6.38. The van der Waals surface area contributed by atoms with Crippen LogP contribution in [0.3, 0.4) is 0 Å². The second-order valence-electron chi connectivity index (χ2n) is 7.30. The van der Waals surface area contributed by atoms with Gasteiger partial charge in [0, 0.05) is 23.7 Å². The molecule has 2 aromatic rings. The molecule has 0 aliphatic carbocycles. The number of rotatable bonds is 1. The van der Waals surface area contributed by atoms with Crippen molar-refractivity contribution in [2.45, 2.75) is 12.5 Å². The van der Waals surface area contributed by atoms with E-state index in [0.29, 0.717) is 17.9 Å². The number of barbiturate groups is 1. The van der Waals surface area contributed by atoms with E-state index in [9.17, 15) is 14.4 Å². The quantitative estimate of drug-likeness (QED) is 0.754. The molecule has 3 aliphatic heterocycles. The lowest BCUT2D eigenvalue weighted by Crippen LogP contribution is -2.73. The molecule has 1 N–H and O–H groups in total. The van der Waals surface area contributed by atoms with Crippen LogP contribution in [-0.2, 0) is 16.0 Å². The summed E-state index contributed by atoms with van der Waals surface area (Å²) < 4.78 is 0. The summed E-state index contributed by atoms with van der Waals surface area (Å²) >= 11 is 1.75. The number of benzene rings is 2. The largest absolute Gasteiger partial charge is 0.365 e. The number of carbonyl (C=O) groups is 3. The number of nitrogens with zero attached hydrogens (tertiary/aromatic N) is 2. The van der Waals surface area contributed by atoms with E-state index in [1.165, 1.54) is 0 Å².